The highest BCUT2D eigenvalue weighted by molar-refractivity contribution is 7.20. The van der Waals surface area contributed by atoms with Crippen LogP contribution in [0.15, 0.2) is 22.9 Å². The molecule has 0 bridgehead atoms. The minimum Gasteiger partial charge on any atom is -0.300 e. The van der Waals surface area contributed by atoms with Gasteiger partial charge in [0.15, 0.2) is 0 Å². The Labute approximate surface area is 108 Å². The third-order valence-corrected chi connectivity index (χ3v) is 5.12. The molecular formula is C13H13NOS2. The zero-order chi connectivity index (χ0) is 11.7. The maximum atomic E-state index is 11.2. The SMILES string of the molecule is O=C1CCC(c2csc(-c3cccs3)n2)CC1. The van der Waals surface area contributed by atoms with E-state index in [-0.39, 0.29) is 0 Å². The molecule has 0 atom stereocenters. The Hall–Kier alpha value is -1.00. The molecule has 0 aromatic carbocycles. The van der Waals surface area contributed by atoms with Crippen molar-refractivity contribution in [3.8, 4) is 9.88 Å². The predicted molar refractivity (Wildman–Crippen MR) is 71.6 cm³/mol. The summed E-state index contributed by atoms with van der Waals surface area (Å²) in [6.07, 6.45) is 3.42. The van der Waals surface area contributed by atoms with Gasteiger partial charge in [0.2, 0.25) is 0 Å². The molecule has 4 heteroatoms. The summed E-state index contributed by atoms with van der Waals surface area (Å²) in [5, 5.41) is 5.36. The lowest BCUT2D eigenvalue weighted by Gasteiger charge is -2.18. The van der Waals surface area contributed by atoms with E-state index < -0.39 is 0 Å². The maximum Gasteiger partial charge on any atom is 0.133 e. The van der Waals surface area contributed by atoms with Crippen LogP contribution in [0, 0.1) is 0 Å². The van der Waals surface area contributed by atoms with Crippen molar-refractivity contribution in [2.24, 2.45) is 0 Å². The molecule has 2 heterocycles. The summed E-state index contributed by atoms with van der Waals surface area (Å²) in [6, 6.07) is 4.16. The van der Waals surface area contributed by atoms with Crippen LogP contribution in [0.2, 0.25) is 0 Å². The molecule has 0 amide bonds. The second-order valence-electron chi connectivity index (χ2n) is 4.37. The maximum absolute atomic E-state index is 11.2. The average Bonchev–Trinajstić information content (AvgIpc) is 3.00. The van der Waals surface area contributed by atoms with Gasteiger partial charge >= 0.3 is 0 Å². The minimum absolute atomic E-state index is 0.412. The van der Waals surface area contributed by atoms with Crippen LogP contribution in [-0.2, 0) is 4.79 Å². The molecule has 1 aliphatic rings. The summed E-state index contributed by atoms with van der Waals surface area (Å²) < 4.78 is 0. The summed E-state index contributed by atoms with van der Waals surface area (Å²) in [7, 11) is 0. The Morgan fingerprint density at radius 2 is 2.06 bits per heavy atom. The van der Waals surface area contributed by atoms with Gasteiger partial charge < -0.3 is 0 Å². The Morgan fingerprint density at radius 3 is 2.76 bits per heavy atom. The van der Waals surface area contributed by atoms with E-state index in [2.05, 4.69) is 22.9 Å². The fourth-order valence-electron chi connectivity index (χ4n) is 2.22. The molecule has 0 saturated heterocycles. The van der Waals surface area contributed by atoms with Gasteiger partial charge in [-0.15, -0.1) is 22.7 Å². The summed E-state index contributed by atoms with van der Waals surface area (Å²) >= 11 is 3.45. The molecule has 0 aliphatic heterocycles. The third-order valence-electron chi connectivity index (χ3n) is 3.22. The minimum atomic E-state index is 0.412. The lowest BCUT2D eigenvalue weighted by Crippen LogP contribution is -2.12. The number of Topliss-reactive ketones (excluding diaryl/α,β-unsaturated/α-hetero) is 1. The number of ketones is 1. The van der Waals surface area contributed by atoms with E-state index in [1.165, 1.54) is 10.6 Å². The number of aromatic nitrogens is 1. The van der Waals surface area contributed by atoms with Gasteiger partial charge in [-0.3, -0.25) is 4.79 Å². The number of carbonyl (C=O) groups excluding carboxylic acids is 1. The lowest BCUT2D eigenvalue weighted by atomic mass is 9.87. The van der Waals surface area contributed by atoms with E-state index in [4.69, 9.17) is 4.98 Å². The summed E-state index contributed by atoms with van der Waals surface area (Å²) in [6.45, 7) is 0. The molecule has 1 aliphatic carbocycles. The molecule has 1 fully saturated rings. The molecule has 2 aromatic heterocycles. The van der Waals surface area contributed by atoms with E-state index in [1.54, 1.807) is 22.7 Å². The first kappa shape index (κ1) is 11.1. The van der Waals surface area contributed by atoms with Gasteiger partial charge in [0.25, 0.3) is 0 Å². The quantitative estimate of drug-likeness (QED) is 0.816. The van der Waals surface area contributed by atoms with Crippen molar-refractivity contribution in [2.75, 3.05) is 0 Å². The molecular weight excluding hydrogens is 250 g/mol. The molecule has 0 N–H and O–H groups in total. The largest absolute Gasteiger partial charge is 0.300 e. The summed E-state index contributed by atoms with van der Waals surface area (Å²) in [5.74, 6) is 0.910. The van der Waals surface area contributed by atoms with Crippen molar-refractivity contribution in [3.63, 3.8) is 0 Å². The van der Waals surface area contributed by atoms with Crippen molar-refractivity contribution in [1.82, 2.24) is 4.98 Å². The lowest BCUT2D eigenvalue weighted by molar-refractivity contribution is -0.120. The van der Waals surface area contributed by atoms with Crippen LogP contribution in [0.4, 0.5) is 0 Å². The number of carbonyl (C=O) groups is 1. The van der Waals surface area contributed by atoms with Crippen molar-refractivity contribution in [3.05, 3.63) is 28.6 Å². The zero-order valence-electron chi connectivity index (χ0n) is 9.39. The Morgan fingerprint density at radius 1 is 1.24 bits per heavy atom. The number of hydrogen-bond donors (Lipinski definition) is 0. The third kappa shape index (κ3) is 2.33. The van der Waals surface area contributed by atoms with Gasteiger partial charge in [-0.2, -0.15) is 0 Å². The van der Waals surface area contributed by atoms with Crippen LogP contribution < -0.4 is 0 Å². The molecule has 2 aromatic rings. The van der Waals surface area contributed by atoms with Crippen LogP contribution in [0.5, 0.6) is 0 Å². The van der Waals surface area contributed by atoms with Crippen LogP contribution in [0.25, 0.3) is 9.88 Å². The molecule has 0 unspecified atom stereocenters. The smallest absolute Gasteiger partial charge is 0.133 e. The number of rotatable bonds is 2. The molecule has 1 saturated carbocycles. The molecule has 88 valence electrons. The monoisotopic (exact) mass is 263 g/mol. The Balaban J connectivity index is 1.79. The Kier molecular flexibility index (Phi) is 3.07. The molecule has 17 heavy (non-hydrogen) atoms. The number of thiophene rings is 1. The fourth-order valence-corrected chi connectivity index (χ4v) is 3.94. The molecule has 2 nitrogen and oxygen atoms in total. The van der Waals surface area contributed by atoms with E-state index in [9.17, 15) is 4.79 Å². The normalized spacial score (nSPS) is 17.5. The first-order valence-corrected chi connectivity index (χ1v) is 7.60. The van der Waals surface area contributed by atoms with Crippen LogP contribution in [0.1, 0.15) is 37.3 Å². The highest BCUT2D eigenvalue weighted by atomic mass is 32.1. The number of nitrogens with zero attached hydrogens (tertiary/aromatic N) is 1. The summed E-state index contributed by atoms with van der Waals surface area (Å²) in [5.41, 5.74) is 1.19. The highest BCUT2D eigenvalue weighted by Gasteiger charge is 2.22. The van der Waals surface area contributed by atoms with Gasteiger partial charge in [-0.05, 0) is 24.3 Å². The van der Waals surface area contributed by atoms with E-state index in [0.29, 0.717) is 11.7 Å². The van der Waals surface area contributed by atoms with Crippen molar-refractivity contribution < 1.29 is 4.79 Å². The molecule has 3 rings (SSSR count). The van der Waals surface area contributed by atoms with Gasteiger partial charge in [0, 0.05) is 24.1 Å². The van der Waals surface area contributed by atoms with Crippen LogP contribution >= 0.6 is 22.7 Å². The van der Waals surface area contributed by atoms with Crippen LogP contribution in [0.3, 0.4) is 0 Å². The summed E-state index contributed by atoms with van der Waals surface area (Å²) in [4.78, 5) is 17.2. The van der Waals surface area contributed by atoms with Gasteiger partial charge in [-0.1, -0.05) is 6.07 Å². The first-order valence-electron chi connectivity index (χ1n) is 5.84. The van der Waals surface area contributed by atoms with Gasteiger partial charge in [0.1, 0.15) is 10.8 Å². The van der Waals surface area contributed by atoms with Crippen LogP contribution in [-0.4, -0.2) is 10.8 Å². The van der Waals surface area contributed by atoms with E-state index in [0.717, 1.165) is 30.7 Å². The second-order valence-corrected chi connectivity index (χ2v) is 6.17. The molecule has 0 radical (unpaired) electrons. The number of thiazole rings is 1. The van der Waals surface area contributed by atoms with Gasteiger partial charge in [0.05, 0.1) is 10.6 Å². The average molecular weight is 263 g/mol. The second kappa shape index (κ2) is 4.70. The topological polar surface area (TPSA) is 30.0 Å². The zero-order valence-corrected chi connectivity index (χ0v) is 11.0. The predicted octanol–water partition coefficient (Wildman–Crippen LogP) is 4.10. The Bertz CT molecular complexity index is 505. The fraction of sp³-hybridized carbons (Fsp3) is 0.385. The standard InChI is InChI=1S/C13H13NOS2/c15-10-5-3-9(4-6-10)11-8-17-13(14-11)12-2-1-7-16-12/h1-2,7-9H,3-6H2. The van der Waals surface area contributed by atoms with Crippen molar-refractivity contribution >= 4 is 28.5 Å². The van der Waals surface area contributed by atoms with E-state index in [1.807, 2.05) is 0 Å². The first-order chi connectivity index (χ1) is 8.33. The van der Waals surface area contributed by atoms with Gasteiger partial charge in [-0.25, -0.2) is 4.98 Å². The van der Waals surface area contributed by atoms with E-state index >= 15 is 0 Å². The van der Waals surface area contributed by atoms with Crippen molar-refractivity contribution in [2.45, 2.75) is 31.6 Å². The number of hydrogen-bond acceptors (Lipinski definition) is 4. The molecule has 0 spiro atoms. The van der Waals surface area contributed by atoms with Crippen molar-refractivity contribution in [1.29, 1.82) is 0 Å². The highest BCUT2D eigenvalue weighted by Crippen LogP contribution is 2.35.